The van der Waals surface area contributed by atoms with Crippen LogP contribution < -0.4 is 10.8 Å². The van der Waals surface area contributed by atoms with Gasteiger partial charge in [0.25, 0.3) is 5.91 Å². The summed E-state index contributed by atoms with van der Waals surface area (Å²) in [5.41, 5.74) is 5.84. The molecule has 0 fully saturated rings. The van der Waals surface area contributed by atoms with Crippen LogP contribution in [0.2, 0.25) is 0 Å². The van der Waals surface area contributed by atoms with Crippen molar-refractivity contribution in [2.45, 2.75) is 46.5 Å². The number of carbonyl (C=O) groups excluding carboxylic acids is 1. The summed E-state index contributed by atoms with van der Waals surface area (Å²) in [5.74, 6) is 0.209. The van der Waals surface area contributed by atoms with Crippen LogP contribution >= 0.6 is 15.9 Å². The van der Waals surface area contributed by atoms with Crippen molar-refractivity contribution < 1.29 is 10.0 Å². The number of nitrogens with zero attached hydrogens (tertiary/aromatic N) is 2. The van der Waals surface area contributed by atoms with Gasteiger partial charge in [0.05, 0.1) is 12.2 Å². The Labute approximate surface area is 144 Å². The van der Waals surface area contributed by atoms with Gasteiger partial charge in [0.1, 0.15) is 11.5 Å². The summed E-state index contributed by atoms with van der Waals surface area (Å²) in [6.07, 6.45) is 6.27. The topological polar surface area (TPSA) is 78.7 Å². The summed E-state index contributed by atoms with van der Waals surface area (Å²) < 4.78 is 3.12. The smallest absolute Gasteiger partial charge is 0.262 e. The van der Waals surface area contributed by atoms with Crippen molar-refractivity contribution in [3.05, 3.63) is 27.5 Å². The van der Waals surface area contributed by atoms with Crippen molar-refractivity contribution in [2.24, 2.45) is 0 Å². The van der Waals surface area contributed by atoms with Crippen LogP contribution in [0, 0.1) is 13.8 Å². The van der Waals surface area contributed by atoms with Crippen molar-refractivity contribution in [1.29, 1.82) is 0 Å². The minimum Gasteiger partial charge on any atom is -0.359 e. The zero-order valence-electron chi connectivity index (χ0n) is 13.7. The number of hydroxylamine groups is 1. The van der Waals surface area contributed by atoms with Crippen molar-refractivity contribution in [1.82, 2.24) is 14.9 Å². The predicted octanol–water partition coefficient (Wildman–Crippen LogP) is 3.36. The molecular formula is C16H23BrN4O2. The van der Waals surface area contributed by atoms with E-state index < -0.39 is 5.91 Å². The standard InChI is InChI=1S/C16H23BrN4O2/c1-4-5-6-7-13-15(18-8-14(22)20-23)19-16-11(3)10(2)12(17)9-21(13)16/h9,18,23H,4-8H2,1-3H3,(H,20,22). The molecule has 2 heterocycles. The van der Waals surface area contributed by atoms with Crippen LogP contribution in [0.5, 0.6) is 0 Å². The van der Waals surface area contributed by atoms with Gasteiger partial charge in [-0.3, -0.25) is 10.0 Å². The van der Waals surface area contributed by atoms with Gasteiger partial charge in [0.2, 0.25) is 0 Å². The Balaban J connectivity index is 2.44. The number of anilines is 1. The van der Waals surface area contributed by atoms with E-state index in [1.54, 1.807) is 5.48 Å². The fourth-order valence-electron chi connectivity index (χ4n) is 2.55. The third-order valence-electron chi connectivity index (χ3n) is 4.07. The molecule has 0 saturated heterocycles. The highest BCUT2D eigenvalue weighted by molar-refractivity contribution is 9.10. The molecule has 2 aromatic heterocycles. The second kappa shape index (κ2) is 7.79. The monoisotopic (exact) mass is 382 g/mol. The number of hydrogen-bond donors (Lipinski definition) is 3. The molecule has 0 aliphatic heterocycles. The highest BCUT2D eigenvalue weighted by Crippen LogP contribution is 2.28. The molecule has 0 radical (unpaired) electrons. The molecule has 3 N–H and O–H groups in total. The summed E-state index contributed by atoms with van der Waals surface area (Å²) in [6.45, 7) is 6.25. The average molecular weight is 383 g/mol. The number of unbranched alkanes of at least 4 members (excludes halogenated alkanes) is 2. The van der Waals surface area contributed by atoms with E-state index >= 15 is 0 Å². The first-order valence-electron chi connectivity index (χ1n) is 7.83. The van der Waals surface area contributed by atoms with E-state index in [2.05, 4.69) is 44.5 Å². The maximum atomic E-state index is 11.3. The fourth-order valence-corrected chi connectivity index (χ4v) is 3.06. The molecule has 2 rings (SSSR count). The maximum Gasteiger partial charge on any atom is 0.262 e. The Bertz CT molecular complexity index is 712. The maximum absolute atomic E-state index is 11.3. The lowest BCUT2D eigenvalue weighted by atomic mass is 10.1. The molecule has 0 aliphatic rings. The van der Waals surface area contributed by atoms with Crippen molar-refractivity contribution in [2.75, 3.05) is 11.9 Å². The molecule has 0 unspecified atom stereocenters. The molecule has 1 amide bonds. The van der Waals surface area contributed by atoms with E-state index in [1.165, 1.54) is 0 Å². The highest BCUT2D eigenvalue weighted by Gasteiger charge is 2.16. The fraction of sp³-hybridized carbons (Fsp3) is 0.500. The molecule has 0 saturated carbocycles. The molecule has 6 nitrogen and oxygen atoms in total. The third-order valence-corrected chi connectivity index (χ3v) is 4.87. The first kappa shape index (κ1) is 17.7. The van der Waals surface area contributed by atoms with Crippen LogP contribution in [0.4, 0.5) is 5.82 Å². The number of aryl methyl sites for hydroxylation is 2. The first-order chi connectivity index (χ1) is 11.0. The third kappa shape index (κ3) is 3.84. The Morgan fingerprint density at radius 3 is 2.74 bits per heavy atom. The normalized spacial score (nSPS) is 11.0. The number of imidazole rings is 1. The van der Waals surface area contributed by atoms with Crippen molar-refractivity contribution in [3.63, 3.8) is 0 Å². The lowest BCUT2D eigenvalue weighted by molar-refractivity contribution is -0.127. The molecule has 0 bridgehead atoms. The number of nitrogens with one attached hydrogen (secondary N) is 2. The number of hydrogen-bond acceptors (Lipinski definition) is 4. The van der Waals surface area contributed by atoms with Gasteiger partial charge in [-0.25, -0.2) is 10.5 Å². The molecule has 23 heavy (non-hydrogen) atoms. The van der Waals surface area contributed by atoms with Crippen LogP contribution in [-0.2, 0) is 11.2 Å². The van der Waals surface area contributed by atoms with Crippen LogP contribution in [0.3, 0.4) is 0 Å². The van der Waals surface area contributed by atoms with Gasteiger partial charge in [0, 0.05) is 10.7 Å². The Morgan fingerprint density at radius 2 is 2.09 bits per heavy atom. The highest BCUT2D eigenvalue weighted by atomic mass is 79.9. The van der Waals surface area contributed by atoms with Gasteiger partial charge in [-0.15, -0.1) is 0 Å². The number of carbonyl (C=O) groups is 1. The molecule has 0 aliphatic carbocycles. The van der Waals surface area contributed by atoms with E-state index in [9.17, 15) is 4.79 Å². The van der Waals surface area contributed by atoms with Gasteiger partial charge >= 0.3 is 0 Å². The number of pyridine rings is 1. The van der Waals surface area contributed by atoms with Gasteiger partial charge in [0.15, 0.2) is 0 Å². The molecular weight excluding hydrogens is 360 g/mol. The second-order valence-corrected chi connectivity index (χ2v) is 6.53. The molecule has 0 spiro atoms. The zero-order valence-corrected chi connectivity index (χ0v) is 15.3. The van der Waals surface area contributed by atoms with Gasteiger partial charge in [-0.1, -0.05) is 19.8 Å². The summed E-state index contributed by atoms with van der Waals surface area (Å²) >= 11 is 3.60. The molecule has 7 heteroatoms. The van der Waals surface area contributed by atoms with Gasteiger partial charge in [-0.2, -0.15) is 0 Å². The Kier molecular flexibility index (Phi) is 6.01. The predicted molar refractivity (Wildman–Crippen MR) is 94.0 cm³/mol. The van der Waals surface area contributed by atoms with Crippen molar-refractivity contribution >= 4 is 33.3 Å². The minimum absolute atomic E-state index is 0.0135. The quantitative estimate of drug-likeness (QED) is 0.389. The van der Waals surface area contributed by atoms with E-state index in [4.69, 9.17) is 5.21 Å². The van der Waals surface area contributed by atoms with E-state index in [-0.39, 0.29) is 6.54 Å². The van der Waals surface area contributed by atoms with Crippen LogP contribution in [0.1, 0.15) is 43.0 Å². The number of rotatable bonds is 7. The molecule has 0 aromatic carbocycles. The van der Waals surface area contributed by atoms with E-state index in [0.717, 1.165) is 52.6 Å². The van der Waals surface area contributed by atoms with Crippen LogP contribution in [0.15, 0.2) is 10.7 Å². The van der Waals surface area contributed by atoms with E-state index in [1.807, 2.05) is 13.1 Å². The number of fused-ring (bicyclic) bond motifs is 1. The van der Waals surface area contributed by atoms with E-state index in [0.29, 0.717) is 5.82 Å². The Hall–Kier alpha value is -1.60. The largest absolute Gasteiger partial charge is 0.359 e. The minimum atomic E-state index is -0.490. The summed E-state index contributed by atoms with van der Waals surface area (Å²) in [6, 6.07) is 0. The molecule has 2 aromatic rings. The lowest BCUT2D eigenvalue weighted by Crippen LogP contribution is -2.27. The van der Waals surface area contributed by atoms with Crippen LogP contribution in [-0.4, -0.2) is 27.0 Å². The Morgan fingerprint density at radius 1 is 1.35 bits per heavy atom. The molecule has 0 atom stereocenters. The number of halogens is 1. The average Bonchev–Trinajstić information content (AvgIpc) is 2.88. The van der Waals surface area contributed by atoms with Gasteiger partial charge < -0.3 is 9.72 Å². The first-order valence-corrected chi connectivity index (χ1v) is 8.62. The SMILES string of the molecule is CCCCCc1c(NCC(=O)NO)nc2c(C)c(C)c(Br)cn12. The molecule has 126 valence electrons. The van der Waals surface area contributed by atoms with Gasteiger partial charge in [-0.05, 0) is 53.7 Å². The summed E-state index contributed by atoms with van der Waals surface area (Å²) in [7, 11) is 0. The van der Waals surface area contributed by atoms with Crippen LogP contribution in [0.25, 0.3) is 5.65 Å². The number of aromatic nitrogens is 2. The zero-order chi connectivity index (χ0) is 17.0. The summed E-state index contributed by atoms with van der Waals surface area (Å²) in [4.78, 5) is 15.9. The lowest BCUT2D eigenvalue weighted by Gasteiger charge is -2.09. The number of amides is 1. The summed E-state index contributed by atoms with van der Waals surface area (Å²) in [5, 5.41) is 11.7. The van der Waals surface area contributed by atoms with Crippen molar-refractivity contribution in [3.8, 4) is 0 Å². The second-order valence-electron chi connectivity index (χ2n) is 5.67.